The van der Waals surface area contributed by atoms with E-state index in [1.54, 1.807) is 18.3 Å². The lowest BCUT2D eigenvalue weighted by atomic mass is 10.0. The van der Waals surface area contributed by atoms with Gasteiger partial charge < -0.3 is 23.7 Å². The molecule has 0 N–H and O–H groups in total. The standard InChI is InChI=1S/C38H44FN7O4S2Si/c1-6-49-36(47)33-32(14-10-19-50-30-16-15-26(24-40)23-28(30)39)52-37(41-33)46-17-9-11-27-25(2)34(43-44-35(27)46)42-38-45(18-20-48-21-22-53(3,4)5)29-12-7-8-13-31(29)51-38/h7-8,12-13,15-16,23H,6,9-11,14,17-22H2,1-5H3. The third-order valence-electron chi connectivity index (χ3n) is 8.86. The monoisotopic (exact) mass is 773 g/mol. The number of fused-ring (bicyclic) bond motifs is 2. The molecule has 3 aromatic heterocycles. The molecule has 1 aliphatic rings. The number of aryl methyl sites for hydroxylation is 1. The van der Waals surface area contributed by atoms with Gasteiger partial charge in [0, 0.05) is 43.8 Å². The van der Waals surface area contributed by atoms with Gasteiger partial charge in [0.25, 0.3) is 0 Å². The molecule has 0 aliphatic carbocycles. The van der Waals surface area contributed by atoms with Gasteiger partial charge in [0.1, 0.15) is 0 Å². The van der Waals surface area contributed by atoms with Gasteiger partial charge in [0.2, 0.25) is 0 Å². The SMILES string of the molecule is CCOC(=O)c1nc(N2CCCc3c2nnc(N=c2sc4ccccc4n2CCOCC[Si](C)(C)C)c3C)sc1CCCOc1ccc(C#N)cc1F. The van der Waals surface area contributed by atoms with Gasteiger partial charge in [-0.3, -0.25) is 0 Å². The first kappa shape index (κ1) is 38.2. The van der Waals surface area contributed by atoms with Crippen LogP contribution in [0.3, 0.4) is 0 Å². The summed E-state index contributed by atoms with van der Waals surface area (Å²) in [4.78, 5) is 26.5. The van der Waals surface area contributed by atoms with E-state index in [0.717, 1.165) is 62.6 Å². The Morgan fingerprint density at radius 2 is 1.94 bits per heavy atom. The molecule has 15 heteroatoms. The zero-order valence-corrected chi connectivity index (χ0v) is 33.4. The number of nitrogens with zero attached hydrogens (tertiary/aromatic N) is 7. The van der Waals surface area contributed by atoms with Crippen LogP contribution in [0.1, 0.15) is 51.8 Å². The van der Waals surface area contributed by atoms with Gasteiger partial charge in [-0.1, -0.05) is 43.1 Å². The highest BCUT2D eigenvalue weighted by atomic mass is 32.1. The first-order valence-electron chi connectivity index (χ1n) is 17.9. The number of rotatable bonds is 15. The Hall–Kier alpha value is -4.49. The van der Waals surface area contributed by atoms with Gasteiger partial charge >= 0.3 is 5.97 Å². The number of benzene rings is 2. The van der Waals surface area contributed by atoms with Gasteiger partial charge in [0.15, 0.2) is 38.8 Å². The van der Waals surface area contributed by atoms with E-state index in [4.69, 9.17) is 34.5 Å². The van der Waals surface area contributed by atoms with Crippen LogP contribution in [0.2, 0.25) is 25.7 Å². The van der Waals surface area contributed by atoms with Gasteiger partial charge in [-0.15, -0.1) is 21.5 Å². The van der Waals surface area contributed by atoms with Crippen LogP contribution in [0.15, 0.2) is 47.5 Å². The number of nitriles is 1. The number of hydrogen-bond donors (Lipinski definition) is 0. The molecular weight excluding hydrogens is 730 g/mol. The normalized spacial score (nSPS) is 13.3. The van der Waals surface area contributed by atoms with Crippen molar-refractivity contribution in [3.05, 3.63) is 80.3 Å². The van der Waals surface area contributed by atoms with Crippen molar-refractivity contribution in [3.8, 4) is 11.8 Å². The molecule has 0 amide bonds. The third kappa shape index (κ3) is 9.18. The second-order valence-corrected chi connectivity index (χ2v) is 21.6. The number of anilines is 2. The van der Waals surface area contributed by atoms with Crippen LogP contribution >= 0.6 is 22.7 Å². The number of carbonyl (C=O) groups is 1. The van der Waals surface area contributed by atoms with Crippen LogP contribution in [0.25, 0.3) is 10.2 Å². The summed E-state index contributed by atoms with van der Waals surface area (Å²) in [5, 5.41) is 19.0. The average Bonchev–Trinajstić information content (AvgIpc) is 3.72. The summed E-state index contributed by atoms with van der Waals surface area (Å²) in [5.41, 5.74) is 3.62. The summed E-state index contributed by atoms with van der Waals surface area (Å²) >= 11 is 3.04. The van der Waals surface area contributed by atoms with E-state index in [0.29, 0.717) is 49.3 Å². The first-order valence-corrected chi connectivity index (χ1v) is 23.2. The Morgan fingerprint density at radius 3 is 2.72 bits per heavy atom. The quantitative estimate of drug-likeness (QED) is 0.0589. The molecule has 4 heterocycles. The maximum absolute atomic E-state index is 14.3. The molecule has 2 aromatic carbocycles. The Kier molecular flexibility index (Phi) is 12.3. The van der Waals surface area contributed by atoms with Crippen molar-refractivity contribution in [1.82, 2.24) is 19.7 Å². The molecule has 0 unspecified atom stereocenters. The van der Waals surface area contributed by atoms with Crippen molar-refractivity contribution in [3.63, 3.8) is 0 Å². The van der Waals surface area contributed by atoms with E-state index in [-0.39, 0.29) is 30.2 Å². The van der Waals surface area contributed by atoms with Gasteiger partial charge in [-0.2, -0.15) is 10.3 Å². The number of thiazole rings is 2. The number of hydrogen-bond acceptors (Lipinski definition) is 12. The van der Waals surface area contributed by atoms with Crippen LogP contribution in [-0.4, -0.2) is 66.8 Å². The fraction of sp³-hybridized carbons (Fsp3) is 0.421. The summed E-state index contributed by atoms with van der Waals surface area (Å²) < 4.78 is 34.7. The lowest BCUT2D eigenvalue weighted by molar-refractivity contribution is 0.0519. The first-order chi connectivity index (χ1) is 25.6. The minimum absolute atomic E-state index is 0.0774. The van der Waals surface area contributed by atoms with Crippen LogP contribution < -0.4 is 14.4 Å². The molecule has 5 aromatic rings. The minimum atomic E-state index is -1.17. The fourth-order valence-corrected chi connectivity index (χ4v) is 8.93. The Balaban J connectivity index is 1.23. The number of aromatic nitrogens is 4. The average molecular weight is 774 g/mol. The third-order valence-corrected chi connectivity index (χ3v) is 12.8. The summed E-state index contributed by atoms with van der Waals surface area (Å²) in [6.07, 6.45) is 2.67. The van der Waals surface area contributed by atoms with Crippen LogP contribution in [-0.2, 0) is 28.9 Å². The fourth-order valence-electron chi connectivity index (χ4n) is 6.00. The number of halogens is 1. The molecule has 0 bridgehead atoms. The minimum Gasteiger partial charge on any atom is -0.491 e. The van der Waals surface area contributed by atoms with Crippen molar-refractivity contribution in [2.24, 2.45) is 4.99 Å². The zero-order chi connectivity index (χ0) is 37.5. The summed E-state index contributed by atoms with van der Waals surface area (Å²) in [5.74, 6) is 0.289. The molecule has 0 saturated heterocycles. The van der Waals surface area contributed by atoms with E-state index < -0.39 is 19.9 Å². The lowest BCUT2D eigenvalue weighted by Gasteiger charge is -2.28. The predicted octanol–water partition coefficient (Wildman–Crippen LogP) is 8.13. The number of ether oxygens (including phenoxy) is 3. The topological polar surface area (TPSA) is 128 Å². The molecule has 0 fully saturated rings. The molecule has 6 rings (SSSR count). The molecule has 1 aliphatic heterocycles. The van der Waals surface area contributed by atoms with Crippen LogP contribution in [0.5, 0.6) is 5.75 Å². The maximum Gasteiger partial charge on any atom is 0.358 e. The number of para-hydroxylation sites is 1. The van der Waals surface area contributed by atoms with E-state index in [1.165, 1.54) is 23.5 Å². The van der Waals surface area contributed by atoms with Crippen molar-refractivity contribution in [1.29, 1.82) is 5.26 Å². The molecule has 11 nitrogen and oxygen atoms in total. The summed E-state index contributed by atoms with van der Waals surface area (Å²) in [6.45, 7) is 14.0. The van der Waals surface area contributed by atoms with E-state index >= 15 is 0 Å². The highest BCUT2D eigenvalue weighted by Crippen LogP contribution is 2.39. The Bertz CT molecular complexity index is 2210. The second-order valence-electron chi connectivity index (χ2n) is 13.9. The van der Waals surface area contributed by atoms with E-state index in [1.807, 2.05) is 30.0 Å². The number of esters is 1. The van der Waals surface area contributed by atoms with Gasteiger partial charge in [0.05, 0.1) is 41.7 Å². The zero-order valence-electron chi connectivity index (χ0n) is 30.8. The smallest absolute Gasteiger partial charge is 0.358 e. The van der Waals surface area contributed by atoms with Crippen molar-refractivity contribution in [2.45, 2.75) is 71.8 Å². The summed E-state index contributed by atoms with van der Waals surface area (Å²) in [6, 6.07) is 15.5. The van der Waals surface area contributed by atoms with Gasteiger partial charge in [-0.25, -0.2) is 14.2 Å². The van der Waals surface area contributed by atoms with Crippen molar-refractivity contribution >= 4 is 63.7 Å². The molecule has 0 radical (unpaired) electrons. The summed E-state index contributed by atoms with van der Waals surface area (Å²) in [7, 11) is -1.17. The Morgan fingerprint density at radius 1 is 1.11 bits per heavy atom. The highest BCUT2D eigenvalue weighted by molar-refractivity contribution is 7.16. The van der Waals surface area contributed by atoms with Gasteiger partial charge in [-0.05, 0) is 75.9 Å². The van der Waals surface area contributed by atoms with E-state index in [2.05, 4.69) is 41.4 Å². The number of carbonyl (C=O) groups excluding carboxylic acids is 1. The van der Waals surface area contributed by atoms with E-state index in [9.17, 15) is 9.18 Å². The second kappa shape index (κ2) is 17.1. The maximum atomic E-state index is 14.3. The predicted molar refractivity (Wildman–Crippen MR) is 209 cm³/mol. The largest absolute Gasteiger partial charge is 0.491 e. The van der Waals surface area contributed by atoms with Crippen molar-refractivity contribution < 1.29 is 23.4 Å². The van der Waals surface area contributed by atoms with Crippen LogP contribution in [0, 0.1) is 24.1 Å². The molecule has 0 atom stereocenters. The lowest BCUT2D eigenvalue weighted by Crippen LogP contribution is -2.27. The molecule has 53 heavy (non-hydrogen) atoms. The molecule has 278 valence electrons. The molecule has 0 saturated carbocycles. The molecular formula is C38H44FN7O4S2Si. The van der Waals surface area contributed by atoms with Crippen LogP contribution in [0.4, 0.5) is 21.2 Å². The highest BCUT2D eigenvalue weighted by Gasteiger charge is 2.29. The Labute approximate surface area is 317 Å². The molecule has 0 spiro atoms. The van der Waals surface area contributed by atoms with Crippen molar-refractivity contribution in [2.75, 3.05) is 37.9 Å².